The summed E-state index contributed by atoms with van der Waals surface area (Å²) in [6.45, 7) is 0.688. The van der Waals surface area contributed by atoms with Gasteiger partial charge in [-0.2, -0.15) is 0 Å². The number of benzene rings is 2. The lowest BCUT2D eigenvalue weighted by atomic mass is 9.95. The van der Waals surface area contributed by atoms with E-state index in [4.69, 9.17) is 14.2 Å². The van der Waals surface area contributed by atoms with E-state index in [1.54, 1.807) is 33.5 Å². The molecule has 4 rings (SSSR count). The van der Waals surface area contributed by atoms with Crippen LogP contribution in [0.5, 0.6) is 17.2 Å². The van der Waals surface area contributed by atoms with Gasteiger partial charge in [0.15, 0.2) is 11.5 Å². The van der Waals surface area contributed by atoms with Gasteiger partial charge in [0.25, 0.3) is 5.91 Å². The molecule has 0 radical (unpaired) electrons. The quantitative estimate of drug-likeness (QED) is 0.623. The predicted octanol–water partition coefficient (Wildman–Crippen LogP) is 4.02. The molecule has 2 bridgehead atoms. The molecular weight excluding hydrogens is 404 g/mol. The lowest BCUT2D eigenvalue weighted by Gasteiger charge is -2.42. The number of rotatable bonds is 8. The maximum Gasteiger partial charge on any atom is 0.254 e. The number of ether oxygens (including phenoxy) is 3. The maximum absolute atomic E-state index is 13.9. The Kier molecular flexibility index (Phi) is 6.89. The second-order valence-electron chi connectivity index (χ2n) is 8.82. The number of hydrogen-bond acceptors (Lipinski definition) is 5. The highest BCUT2D eigenvalue weighted by atomic mass is 16.5. The highest BCUT2D eigenvalue weighted by Gasteiger charge is 2.41. The number of carbonyl (C=O) groups excluding carboxylic acids is 1. The molecule has 0 aromatic heterocycles. The Hall–Kier alpha value is -2.73. The van der Waals surface area contributed by atoms with Crippen molar-refractivity contribution >= 4 is 5.91 Å². The van der Waals surface area contributed by atoms with Crippen molar-refractivity contribution in [3.63, 3.8) is 0 Å². The summed E-state index contributed by atoms with van der Waals surface area (Å²) < 4.78 is 16.4. The smallest absolute Gasteiger partial charge is 0.254 e. The van der Waals surface area contributed by atoms with Gasteiger partial charge in [-0.05, 0) is 56.8 Å². The van der Waals surface area contributed by atoms with Crippen LogP contribution in [0, 0.1) is 0 Å². The first-order valence-corrected chi connectivity index (χ1v) is 11.4. The van der Waals surface area contributed by atoms with Crippen LogP contribution in [0.3, 0.4) is 0 Å². The lowest BCUT2D eigenvalue weighted by Crippen LogP contribution is -2.51. The molecule has 2 aromatic carbocycles. The van der Waals surface area contributed by atoms with E-state index in [0.29, 0.717) is 41.4 Å². The van der Waals surface area contributed by atoms with Crippen LogP contribution in [-0.4, -0.2) is 68.8 Å². The molecule has 2 aromatic rings. The summed E-state index contributed by atoms with van der Waals surface area (Å²) in [5.74, 6) is 1.53. The van der Waals surface area contributed by atoms with Crippen molar-refractivity contribution in [2.45, 2.75) is 50.2 Å². The van der Waals surface area contributed by atoms with Crippen LogP contribution in [0.4, 0.5) is 0 Å². The number of piperidine rings is 1. The monoisotopic (exact) mass is 438 g/mol. The number of nitrogens with zero attached hydrogens (tertiary/aromatic N) is 2. The minimum absolute atomic E-state index is 0.0223. The average Bonchev–Trinajstić information content (AvgIpc) is 3.03. The Morgan fingerprint density at radius 1 is 0.969 bits per heavy atom. The predicted molar refractivity (Wildman–Crippen MR) is 125 cm³/mol. The molecule has 0 aliphatic carbocycles. The van der Waals surface area contributed by atoms with Gasteiger partial charge >= 0.3 is 0 Å². The highest BCUT2D eigenvalue weighted by Crippen LogP contribution is 2.40. The summed E-state index contributed by atoms with van der Waals surface area (Å²) in [4.78, 5) is 18.5. The van der Waals surface area contributed by atoms with E-state index >= 15 is 0 Å². The Labute approximate surface area is 191 Å². The molecule has 1 amide bonds. The number of methoxy groups -OCH3 is 3. The molecule has 2 saturated heterocycles. The molecule has 0 unspecified atom stereocenters. The summed E-state index contributed by atoms with van der Waals surface area (Å²) >= 11 is 0. The molecular formula is C26H34N2O4. The minimum atomic E-state index is 0.0223. The largest absolute Gasteiger partial charge is 0.493 e. The van der Waals surface area contributed by atoms with Crippen LogP contribution in [0.2, 0.25) is 0 Å². The summed E-state index contributed by atoms with van der Waals surface area (Å²) in [6, 6.07) is 15.3. The third-order valence-corrected chi connectivity index (χ3v) is 7.17. The second kappa shape index (κ2) is 9.82. The Bertz CT molecular complexity index is 894. The van der Waals surface area contributed by atoms with Crippen LogP contribution >= 0.6 is 0 Å². The van der Waals surface area contributed by atoms with Gasteiger partial charge in [-0.25, -0.2) is 0 Å². The summed E-state index contributed by atoms with van der Waals surface area (Å²) in [5.41, 5.74) is 1.81. The van der Waals surface area contributed by atoms with Crippen molar-refractivity contribution in [3.8, 4) is 17.2 Å². The van der Waals surface area contributed by atoms with Crippen molar-refractivity contribution in [1.82, 2.24) is 9.80 Å². The van der Waals surface area contributed by atoms with Gasteiger partial charge in [-0.15, -0.1) is 0 Å². The highest BCUT2D eigenvalue weighted by molar-refractivity contribution is 5.96. The number of amides is 1. The van der Waals surface area contributed by atoms with Gasteiger partial charge in [0.05, 0.1) is 21.3 Å². The Morgan fingerprint density at radius 3 is 2.09 bits per heavy atom. The minimum Gasteiger partial charge on any atom is -0.493 e. The number of hydrogen-bond donors (Lipinski definition) is 0. The Balaban J connectivity index is 1.64. The van der Waals surface area contributed by atoms with Gasteiger partial charge in [0.2, 0.25) is 5.75 Å². The van der Waals surface area contributed by atoms with E-state index < -0.39 is 0 Å². The normalized spacial score (nSPS) is 22.4. The van der Waals surface area contributed by atoms with Crippen molar-refractivity contribution in [1.29, 1.82) is 0 Å². The van der Waals surface area contributed by atoms with E-state index in [0.717, 1.165) is 19.3 Å². The lowest BCUT2D eigenvalue weighted by molar-refractivity contribution is 0.0487. The van der Waals surface area contributed by atoms with Crippen molar-refractivity contribution in [3.05, 3.63) is 53.6 Å². The van der Waals surface area contributed by atoms with E-state index in [1.807, 2.05) is 6.07 Å². The van der Waals surface area contributed by atoms with Crippen LogP contribution in [0.25, 0.3) is 0 Å². The fourth-order valence-corrected chi connectivity index (χ4v) is 5.35. The van der Waals surface area contributed by atoms with Gasteiger partial charge in [0, 0.05) is 30.2 Å². The van der Waals surface area contributed by atoms with Crippen LogP contribution in [0.1, 0.15) is 41.6 Å². The first-order chi connectivity index (χ1) is 15.5. The maximum atomic E-state index is 13.9. The third-order valence-electron chi connectivity index (χ3n) is 7.17. The molecule has 0 N–H and O–H groups in total. The van der Waals surface area contributed by atoms with Crippen molar-refractivity contribution < 1.29 is 19.0 Å². The molecule has 6 nitrogen and oxygen atoms in total. The van der Waals surface area contributed by atoms with Crippen LogP contribution < -0.4 is 14.2 Å². The molecule has 2 atom stereocenters. The molecule has 0 spiro atoms. The second-order valence-corrected chi connectivity index (χ2v) is 8.82. The molecule has 32 heavy (non-hydrogen) atoms. The number of carbonyl (C=O) groups is 1. The van der Waals surface area contributed by atoms with Gasteiger partial charge in [0.1, 0.15) is 0 Å². The average molecular weight is 439 g/mol. The topological polar surface area (TPSA) is 51.2 Å². The van der Waals surface area contributed by atoms with Crippen molar-refractivity contribution in [2.75, 3.05) is 34.9 Å². The fourth-order valence-electron chi connectivity index (χ4n) is 5.35. The third kappa shape index (κ3) is 4.42. The van der Waals surface area contributed by atoms with E-state index in [9.17, 15) is 4.79 Å². The zero-order valence-electron chi connectivity index (χ0n) is 19.5. The summed E-state index contributed by atoms with van der Waals surface area (Å²) in [6.07, 6.45) is 5.33. The molecule has 0 saturated carbocycles. The first-order valence-electron chi connectivity index (χ1n) is 11.4. The van der Waals surface area contributed by atoms with Crippen LogP contribution in [0.15, 0.2) is 42.5 Å². The van der Waals surface area contributed by atoms with Crippen molar-refractivity contribution in [2.24, 2.45) is 0 Å². The zero-order chi connectivity index (χ0) is 22.7. The van der Waals surface area contributed by atoms with Gasteiger partial charge in [-0.3, -0.25) is 4.79 Å². The molecule has 2 heterocycles. The molecule has 2 aliphatic rings. The standard InChI is InChI=1S/C26H34N2O4/c1-27-20-10-11-21(27)17-22(16-20)28(13-12-18-8-6-5-7-9-18)26(29)19-14-23(30-2)25(32-4)24(15-19)31-3/h5-9,14-15,20-22H,10-13,16-17H2,1-4H3/t20-,21-/m0/s1. The summed E-state index contributed by atoms with van der Waals surface area (Å²) in [7, 11) is 6.96. The first kappa shape index (κ1) is 22.5. The number of fused-ring (bicyclic) bond motifs is 2. The molecule has 2 fully saturated rings. The summed E-state index contributed by atoms with van der Waals surface area (Å²) in [5, 5.41) is 0. The van der Waals surface area contributed by atoms with E-state index in [-0.39, 0.29) is 11.9 Å². The zero-order valence-corrected chi connectivity index (χ0v) is 19.5. The van der Waals surface area contributed by atoms with Gasteiger partial charge in [-0.1, -0.05) is 30.3 Å². The van der Waals surface area contributed by atoms with E-state index in [1.165, 1.54) is 18.4 Å². The molecule has 172 valence electrons. The fraction of sp³-hybridized carbons (Fsp3) is 0.500. The van der Waals surface area contributed by atoms with E-state index in [2.05, 4.69) is 41.1 Å². The SMILES string of the molecule is COc1cc(C(=O)N(CCc2ccccc2)C2C[C@@H]3CC[C@@H](C2)N3C)cc(OC)c1OC. The van der Waals surface area contributed by atoms with Gasteiger partial charge < -0.3 is 24.0 Å². The Morgan fingerprint density at radius 2 is 1.56 bits per heavy atom. The molecule has 6 heteroatoms. The molecule has 2 aliphatic heterocycles. The van der Waals surface area contributed by atoms with Crippen LogP contribution in [-0.2, 0) is 6.42 Å².